The van der Waals surface area contributed by atoms with Crippen molar-refractivity contribution < 1.29 is 9.59 Å². The zero-order valence-corrected chi connectivity index (χ0v) is 12.8. The highest BCUT2D eigenvalue weighted by Gasteiger charge is 2.19. The van der Waals surface area contributed by atoms with Gasteiger partial charge in [0.1, 0.15) is 0 Å². The predicted octanol–water partition coefficient (Wildman–Crippen LogP) is 0.973. The Morgan fingerprint density at radius 2 is 1.80 bits per heavy atom. The molecule has 1 aliphatic carbocycles. The van der Waals surface area contributed by atoms with E-state index in [2.05, 4.69) is 16.0 Å². The first kappa shape index (κ1) is 17.2. The molecule has 20 heavy (non-hydrogen) atoms. The van der Waals surface area contributed by atoms with Gasteiger partial charge in [-0.25, -0.2) is 0 Å². The molecule has 0 aromatic heterocycles. The lowest BCUT2D eigenvalue weighted by Crippen LogP contribution is -2.43. The third-order valence-electron chi connectivity index (χ3n) is 4.07. The third-order valence-corrected chi connectivity index (χ3v) is 4.07. The molecule has 1 unspecified atom stereocenters. The van der Waals surface area contributed by atoms with E-state index in [1.165, 1.54) is 19.3 Å². The van der Waals surface area contributed by atoms with Crippen LogP contribution in [0, 0.1) is 5.92 Å². The monoisotopic (exact) mass is 303 g/mol. The molecule has 0 aromatic carbocycles. The van der Waals surface area contributed by atoms with Crippen LogP contribution in [-0.2, 0) is 9.59 Å². The predicted molar refractivity (Wildman–Crippen MR) is 80.9 cm³/mol. The fraction of sp³-hybridized carbons (Fsp3) is 0.857. The zero-order valence-electron chi connectivity index (χ0n) is 12.0. The van der Waals surface area contributed by atoms with Crippen LogP contribution in [0.2, 0.25) is 0 Å². The average Bonchev–Trinajstić information content (AvgIpc) is 2.90. The zero-order chi connectivity index (χ0) is 13.5. The quantitative estimate of drug-likeness (QED) is 0.709. The van der Waals surface area contributed by atoms with Gasteiger partial charge in [-0.3, -0.25) is 9.59 Å². The number of nitrogens with one attached hydrogen (secondary N) is 3. The van der Waals surface area contributed by atoms with Gasteiger partial charge < -0.3 is 16.0 Å². The summed E-state index contributed by atoms with van der Waals surface area (Å²) in [6.45, 7) is 1.91. The largest absolute Gasteiger partial charge is 0.351 e. The van der Waals surface area contributed by atoms with Crippen molar-refractivity contribution in [2.75, 3.05) is 19.6 Å². The number of halogens is 1. The number of hydrogen-bond donors (Lipinski definition) is 3. The Labute approximate surface area is 127 Å². The van der Waals surface area contributed by atoms with Crippen molar-refractivity contribution in [3.8, 4) is 0 Å². The summed E-state index contributed by atoms with van der Waals surface area (Å²) in [5.41, 5.74) is 0. The van der Waals surface area contributed by atoms with Crippen LogP contribution in [0.3, 0.4) is 0 Å². The Balaban J connectivity index is 0.00000200. The first-order valence-corrected chi connectivity index (χ1v) is 7.51. The molecule has 3 N–H and O–H groups in total. The summed E-state index contributed by atoms with van der Waals surface area (Å²) in [7, 11) is 0. The van der Waals surface area contributed by atoms with Gasteiger partial charge in [0.15, 0.2) is 0 Å². The molecule has 2 rings (SSSR count). The van der Waals surface area contributed by atoms with Gasteiger partial charge in [-0.05, 0) is 31.7 Å². The molecule has 1 aliphatic heterocycles. The van der Waals surface area contributed by atoms with E-state index < -0.39 is 0 Å². The molecule has 0 aromatic rings. The summed E-state index contributed by atoms with van der Waals surface area (Å²) in [6, 6.07) is 0.225. The number of amides is 2. The lowest BCUT2D eigenvalue weighted by Gasteiger charge is -2.20. The number of rotatable bonds is 5. The first-order chi connectivity index (χ1) is 9.24. The molecule has 0 radical (unpaired) electrons. The maximum atomic E-state index is 11.7. The molecule has 2 amide bonds. The van der Waals surface area contributed by atoms with Crippen LogP contribution in [0.1, 0.15) is 44.9 Å². The van der Waals surface area contributed by atoms with Crippen LogP contribution in [0.5, 0.6) is 0 Å². The average molecular weight is 304 g/mol. The molecule has 1 heterocycles. The molecule has 1 saturated carbocycles. The van der Waals surface area contributed by atoms with E-state index >= 15 is 0 Å². The Morgan fingerprint density at radius 1 is 1.05 bits per heavy atom. The number of carbonyl (C=O) groups is 2. The Morgan fingerprint density at radius 3 is 2.45 bits per heavy atom. The van der Waals surface area contributed by atoms with E-state index in [0.29, 0.717) is 12.3 Å². The topological polar surface area (TPSA) is 70.2 Å². The molecule has 5 nitrogen and oxygen atoms in total. The van der Waals surface area contributed by atoms with Crippen molar-refractivity contribution in [3.05, 3.63) is 0 Å². The summed E-state index contributed by atoms with van der Waals surface area (Å²) >= 11 is 0. The van der Waals surface area contributed by atoms with Crippen LogP contribution in [0.4, 0.5) is 0 Å². The van der Waals surface area contributed by atoms with Crippen LogP contribution >= 0.6 is 12.4 Å². The van der Waals surface area contributed by atoms with Crippen molar-refractivity contribution >= 4 is 24.2 Å². The van der Waals surface area contributed by atoms with Crippen LogP contribution in [-0.4, -0.2) is 37.5 Å². The summed E-state index contributed by atoms with van der Waals surface area (Å²) in [6.07, 6.45) is 7.66. The van der Waals surface area contributed by atoms with Gasteiger partial charge in [0.25, 0.3) is 0 Å². The lowest BCUT2D eigenvalue weighted by molar-refractivity contribution is -0.127. The van der Waals surface area contributed by atoms with Gasteiger partial charge in [0, 0.05) is 19.0 Å². The van der Waals surface area contributed by atoms with Crippen molar-refractivity contribution in [3.63, 3.8) is 0 Å². The molecule has 116 valence electrons. The smallest absolute Gasteiger partial charge is 0.239 e. The second kappa shape index (κ2) is 9.19. The van der Waals surface area contributed by atoms with Crippen LogP contribution < -0.4 is 16.0 Å². The fourth-order valence-corrected chi connectivity index (χ4v) is 2.96. The minimum absolute atomic E-state index is 0. The van der Waals surface area contributed by atoms with Gasteiger partial charge in [-0.15, -0.1) is 12.4 Å². The molecule has 2 fully saturated rings. The summed E-state index contributed by atoms with van der Waals surface area (Å²) < 4.78 is 0. The van der Waals surface area contributed by atoms with Crippen molar-refractivity contribution in [2.45, 2.75) is 51.0 Å². The second-order valence-corrected chi connectivity index (χ2v) is 5.74. The maximum Gasteiger partial charge on any atom is 0.239 e. The third kappa shape index (κ3) is 6.09. The Hall–Kier alpha value is -0.810. The fourth-order valence-electron chi connectivity index (χ4n) is 2.96. The molecule has 0 spiro atoms. The summed E-state index contributed by atoms with van der Waals surface area (Å²) in [5.74, 6) is 0.466. The summed E-state index contributed by atoms with van der Waals surface area (Å²) in [4.78, 5) is 23.4. The van der Waals surface area contributed by atoms with E-state index in [0.717, 1.165) is 32.4 Å². The molecule has 2 aliphatic rings. The SMILES string of the molecule is Cl.O=C(CC1CCCCC1)NCC(=O)NC1CCNC1. The minimum atomic E-state index is -0.0781. The molecule has 0 bridgehead atoms. The Bertz CT molecular complexity index is 314. The summed E-state index contributed by atoms with van der Waals surface area (Å²) in [5, 5.41) is 8.85. The van der Waals surface area contributed by atoms with Crippen molar-refractivity contribution in [1.29, 1.82) is 0 Å². The van der Waals surface area contributed by atoms with Gasteiger partial charge in [-0.1, -0.05) is 19.3 Å². The highest BCUT2D eigenvalue weighted by atomic mass is 35.5. The number of hydrogen-bond acceptors (Lipinski definition) is 3. The van der Waals surface area contributed by atoms with Crippen LogP contribution in [0.25, 0.3) is 0 Å². The Kier molecular flexibility index (Phi) is 7.92. The van der Waals surface area contributed by atoms with Crippen LogP contribution in [0.15, 0.2) is 0 Å². The molecule has 6 heteroatoms. The molecular formula is C14H26ClN3O2. The van der Waals surface area contributed by atoms with E-state index in [1.807, 2.05) is 0 Å². The van der Waals surface area contributed by atoms with Gasteiger partial charge in [-0.2, -0.15) is 0 Å². The normalized spacial score (nSPS) is 22.9. The van der Waals surface area contributed by atoms with E-state index in [4.69, 9.17) is 0 Å². The van der Waals surface area contributed by atoms with Gasteiger partial charge in [0.2, 0.25) is 11.8 Å². The first-order valence-electron chi connectivity index (χ1n) is 7.51. The minimum Gasteiger partial charge on any atom is -0.351 e. The number of carbonyl (C=O) groups excluding carboxylic acids is 2. The van der Waals surface area contributed by atoms with E-state index in [1.54, 1.807) is 0 Å². The highest BCUT2D eigenvalue weighted by molar-refractivity contribution is 5.85. The lowest BCUT2D eigenvalue weighted by atomic mass is 9.87. The van der Waals surface area contributed by atoms with Gasteiger partial charge in [0.05, 0.1) is 6.54 Å². The van der Waals surface area contributed by atoms with Gasteiger partial charge >= 0.3 is 0 Å². The second-order valence-electron chi connectivity index (χ2n) is 5.74. The molecular weight excluding hydrogens is 278 g/mol. The van der Waals surface area contributed by atoms with E-state index in [-0.39, 0.29) is 36.8 Å². The van der Waals surface area contributed by atoms with Crippen molar-refractivity contribution in [1.82, 2.24) is 16.0 Å². The molecule has 1 atom stereocenters. The standard InChI is InChI=1S/C14H25N3O2.ClH/c18-13(8-11-4-2-1-3-5-11)16-10-14(19)17-12-6-7-15-9-12;/h11-12,15H,1-10H2,(H,16,18)(H,17,19);1H. The highest BCUT2D eigenvalue weighted by Crippen LogP contribution is 2.25. The molecule has 1 saturated heterocycles. The maximum absolute atomic E-state index is 11.7. The van der Waals surface area contributed by atoms with E-state index in [9.17, 15) is 9.59 Å². The van der Waals surface area contributed by atoms with Crippen molar-refractivity contribution in [2.24, 2.45) is 5.92 Å².